The number of anilines is 1. The molecule has 172 valence electrons. The SMILES string of the molecule is COc1ccc(N2Cc3cnc([SH](C)(=O)S)nc3C3(CCC4(CC3)OCCO4)C2=O)cc1. The number of ether oxygens (including phenoxy) is 3. The van der Waals surface area contributed by atoms with E-state index >= 15 is 0 Å². The maximum atomic E-state index is 14.0. The van der Waals surface area contributed by atoms with Gasteiger partial charge in [-0.2, -0.15) is 0 Å². The van der Waals surface area contributed by atoms with E-state index in [0.717, 1.165) is 17.0 Å². The summed E-state index contributed by atoms with van der Waals surface area (Å²) in [6.07, 6.45) is 5.47. The highest BCUT2D eigenvalue weighted by Gasteiger charge is 2.55. The summed E-state index contributed by atoms with van der Waals surface area (Å²) in [5.74, 6) is 0.0924. The minimum Gasteiger partial charge on any atom is -0.497 e. The third kappa shape index (κ3) is 3.53. The number of rotatable bonds is 3. The van der Waals surface area contributed by atoms with Gasteiger partial charge in [-0.25, -0.2) is 9.97 Å². The van der Waals surface area contributed by atoms with Crippen molar-refractivity contribution >= 4 is 32.2 Å². The molecule has 0 atom stereocenters. The van der Waals surface area contributed by atoms with Crippen molar-refractivity contribution in [1.82, 2.24) is 9.97 Å². The Morgan fingerprint density at radius 2 is 1.78 bits per heavy atom. The van der Waals surface area contributed by atoms with Crippen molar-refractivity contribution in [2.24, 2.45) is 0 Å². The highest BCUT2D eigenvalue weighted by molar-refractivity contribution is 8.68. The molecule has 2 fully saturated rings. The van der Waals surface area contributed by atoms with Gasteiger partial charge in [-0.15, -0.1) is 0 Å². The van der Waals surface area contributed by atoms with Crippen LogP contribution in [-0.2, 0) is 35.2 Å². The lowest BCUT2D eigenvalue weighted by Crippen LogP contribution is -2.55. The minimum absolute atomic E-state index is 0.0160. The maximum Gasteiger partial charge on any atom is 0.239 e. The second-order valence-corrected chi connectivity index (χ2v) is 13.2. The number of benzene rings is 1. The van der Waals surface area contributed by atoms with E-state index in [1.807, 2.05) is 24.3 Å². The first kappa shape index (κ1) is 21.8. The number of carbonyl (C=O) groups excluding carboxylic acids is 1. The van der Waals surface area contributed by atoms with E-state index in [9.17, 15) is 9.00 Å². The van der Waals surface area contributed by atoms with Gasteiger partial charge in [0.05, 0.1) is 38.0 Å². The highest BCUT2D eigenvalue weighted by Crippen LogP contribution is 2.50. The monoisotopic (exact) mass is 477 g/mol. The zero-order valence-electron chi connectivity index (χ0n) is 18.1. The largest absolute Gasteiger partial charge is 0.497 e. The number of nitrogens with zero attached hydrogens (tertiary/aromatic N) is 3. The van der Waals surface area contributed by atoms with Crippen LogP contribution in [0.4, 0.5) is 5.69 Å². The van der Waals surface area contributed by atoms with Gasteiger partial charge in [-0.1, -0.05) is 11.7 Å². The number of hydrogen-bond acceptors (Lipinski definition) is 7. The fraction of sp³-hybridized carbons (Fsp3) is 0.500. The van der Waals surface area contributed by atoms with Crippen molar-refractivity contribution in [3.63, 3.8) is 0 Å². The second-order valence-electron chi connectivity index (χ2n) is 8.70. The minimum atomic E-state index is -2.98. The average molecular weight is 478 g/mol. The van der Waals surface area contributed by atoms with E-state index in [4.69, 9.17) is 14.2 Å². The third-order valence-corrected chi connectivity index (χ3v) is 8.22. The number of thiol groups is 2. The number of hydrogen-bond donors (Lipinski definition) is 2. The van der Waals surface area contributed by atoms with Crippen LogP contribution in [0, 0.1) is 0 Å². The molecular formula is C22H27N3O5S2. The highest BCUT2D eigenvalue weighted by atomic mass is 33.1. The summed E-state index contributed by atoms with van der Waals surface area (Å²) in [5, 5.41) is 0.193. The number of methoxy groups -OCH3 is 1. The molecule has 1 aromatic carbocycles. The Bertz CT molecular complexity index is 1090. The lowest BCUT2D eigenvalue weighted by molar-refractivity contribution is -0.186. The average Bonchev–Trinajstić information content (AvgIpc) is 3.25. The lowest BCUT2D eigenvalue weighted by Gasteiger charge is -2.47. The first-order valence-electron chi connectivity index (χ1n) is 10.7. The Morgan fingerprint density at radius 1 is 1.12 bits per heavy atom. The number of fused-ring (bicyclic) bond motifs is 2. The molecule has 1 aromatic heterocycles. The molecule has 1 aliphatic carbocycles. The summed E-state index contributed by atoms with van der Waals surface area (Å²) < 4.78 is 29.7. The molecule has 5 rings (SSSR count). The van der Waals surface area contributed by atoms with Crippen LogP contribution in [0.2, 0.25) is 0 Å². The van der Waals surface area contributed by atoms with Crippen LogP contribution in [0.1, 0.15) is 36.9 Å². The Balaban J connectivity index is 1.59. The van der Waals surface area contributed by atoms with E-state index in [0.29, 0.717) is 51.1 Å². The van der Waals surface area contributed by atoms with E-state index < -0.39 is 20.2 Å². The quantitative estimate of drug-likeness (QED) is 0.399. The number of carbonyl (C=O) groups is 1. The molecule has 32 heavy (non-hydrogen) atoms. The van der Waals surface area contributed by atoms with Gasteiger partial charge >= 0.3 is 0 Å². The first-order valence-corrected chi connectivity index (χ1v) is 14.0. The molecule has 0 N–H and O–H groups in total. The molecule has 0 radical (unpaired) electrons. The zero-order chi connectivity index (χ0) is 22.6. The van der Waals surface area contributed by atoms with Gasteiger partial charge in [0.25, 0.3) is 0 Å². The molecule has 0 bridgehead atoms. The number of amides is 1. The summed E-state index contributed by atoms with van der Waals surface area (Å²) >= 11 is 4.23. The van der Waals surface area contributed by atoms with Crippen LogP contribution in [0.3, 0.4) is 0 Å². The van der Waals surface area contributed by atoms with Gasteiger partial charge in [-0.3, -0.25) is 9.00 Å². The van der Waals surface area contributed by atoms with Crippen molar-refractivity contribution < 1.29 is 23.2 Å². The molecule has 2 spiro atoms. The Labute approximate surface area is 192 Å². The zero-order valence-corrected chi connectivity index (χ0v) is 19.9. The Kier molecular flexibility index (Phi) is 5.31. The second kappa shape index (κ2) is 7.79. The normalized spacial score (nSPS) is 22.2. The molecule has 1 saturated carbocycles. The van der Waals surface area contributed by atoms with Crippen LogP contribution in [0.5, 0.6) is 5.75 Å². The van der Waals surface area contributed by atoms with E-state index in [1.54, 1.807) is 18.2 Å². The van der Waals surface area contributed by atoms with Crippen LogP contribution in [0.25, 0.3) is 0 Å². The summed E-state index contributed by atoms with van der Waals surface area (Å²) in [5.41, 5.74) is 1.46. The van der Waals surface area contributed by atoms with Crippen molar-refractivity contribution in [1.29, 1.82) is 0 Å². The molecule has 3 aliphatic rings. The van der Waals surface area contributed by atoms with Gasteiger partial charge in [0, 0.05) is 36.5 Å². The van der Waals surface area contributed by atoms with Gasteiger partial charge in [-0.05, 0) is 46.1 Å². The van der Waals surface area contributed by atoms with Crippen LogP contribution < -0.4 is 9.64 Å². The molecule has 10 heteroatoms. The Hall–Kier alpha value is -2.01. The lowest BCUT2D eigenvalue weighted by atomic mass is 9.66. The predicted octanol–water partition coefficient (Wildman–Crippen LogP) is 2.44. The van der Waals surface area contributed by atoms with Gasteiger partial charge in [0.15, 0.2) is 5.79 Å². The van der Waals surface area contributed by atoms with E-state index in [-0.39, 0.29) is 11.1 Å². The van der Waals surface area contributed by atoms with Crippen LogP contribution in [-0.4, -0.2) is 52.5 Å². The molecule has 0 unspecified atom stereocenters. The van der Waals surface area contributed by atoms with Gasteiger partial charge in [0.2, 0.25) is 11.1 Å². The standard InChI is InChI=1S/C22H27N3O5S2/c1-28-17-5-3-16(4-6-17)25-14-15-13-23-20(32(2,27)31)24-18(15)21(19(25)26)7-9-22(10-8-21)29-11-12-30-22/h3-6,13,32H,7-12,14H2,1-2H3,(H,27,31). The summed E-state index contributed by atoms with van der Waals surface area (Å²) in [7, 11) is -1.37. The van der Waals surface area contributed by atoms with Gasteiger partial charge in [0.1, 0.15) is 5.75 Å². The molecule has 2 aliphatic heterocycles. The topological polar surface area (TPSA) is 90.8 Å². The molecule has 8 nitrogen and oxygen atoms in total. The van der Waals surface area contributed by atoms with E-state index in [1.165, 1.54) is 6.26 Å². The third-order valence-electron chi connectivity index (χ3n) is 6.72. The molecular weight excluding hydrogens is 450 g/mol. The summed E-state index contributed by atoms with van der Waals surface area (Å²) in [4.78, 5) is 24.8. The maximum absolute atomic E-state index is 14.0. The van der Waals surface area contributed by atoms with Crippen molar-refractivity contribution in [3.05, 3.63) is 41.7 Å². The smallest absolute Gasteiger partial charge is 0.239 e. The van der Waals surface area contributed by atoms with Crippen LogP contribution >= 0.6 is 11.7 Å². The Morgan fingerprint density at radius 3 is 2.38 bits per heavy atom. The van der Waals surface area contributed by atoms with Crippen molar-refractivity contribution in [2.75, 3.05) is 31.5 Å². The fourth-order valence-corrected chi connectivity index (χ4v) is 5.84. The summed E-state index contributed by atoms with van der Waals surface area (Å²) in [6.45, 7) is 1.49. The fourth-order valence-electron chi connectivity index (χ4n) is 4.99. The molecule has 1 saturated heterocycles. The molecule has 1 amide bonds. The molecule has 3 heterocycles. The van der Waals surface area contributed by atoms with E-state index in [2.05, 4.69) is 21.6 Å². The van der Waals surface area contributed by atoms with Crippen molar-refractivity contribution in [2.45, 2.75) is 48.6 Å². The van der Waals surface area contributed by atoms with Gasteiger partial charge < -0.3 is 19.1 Å². The van der Waals surface area contributed by atoms with Crippen LogP contribution in [0.15, 0.2) is 35.6 Å². The number of aromatic nitrogens is 2. The first-order chi connectivity index (χ1) is 15.3. The van der Waals surface area contributed by atoms with Crippen molar-refractivity contribution in [3.8, 4) is 5.75 Å². The predicted molar refractivity (Wildman–Crippen MR) is 124 cm³/mol. The summed E-state index contributed by atoms with van der Waals surface area (Å²) in [6, 6.07) is 7.45. The molecule has 2 aromatic rings.